The molecule has 6 nitrogen and oxygen atoms in total. The predicted octanol–water partition coefficient (Wildman–Crippen LogP) is 0.831. The summed E-state index contributed by atoms with van der Waals surface area (Å²) in [5.74, 6) is -1.40. The minimum absolute atomic E-state index is 0.0389. The summed E-state index contributed by atoms with van der Waals surface area (Å²) >= 11 is 0. The summed E-state index contributed by atoms with van der Waals surface area (Å²) in [5, 5.41) is 21.7. The van der Waals surface area contributed by atoms with Crippen LogP contribution in [0, 0.1) is 0 Å². The Morgan fingerprint density at radius 1 is 1.33 bits per heavy atom. The van der Waals surface area contributed by atoms with Gasteiger partial charge in [0.25, 0.3) is 0 Å². The van der Waals surface area contributed by atoms with Crippen molar-refractivity contribution in [3.8, 4) is 0 Å². The van der Waals surface area contributed by atoms with Crippen LogP contribution >= 0.6 is 0 Å². The van der Waals surface area contributed by atoms with E-state index in [-0.39, 0.29) is 24.4 Å². The fourth-order valence-corrected chi connectivity index (χ4v) is 1.82. The third-order valence-corrected chi connectivity index (χ3v) is 3.11. The number of ether oxygens (including phenoxy) is 1. The molecule has 0 aromatic heterocycles. The summed E-state index contributed by atoms with van der Waals surface area (Å²) in [6, 6.07) is 6.36. The Morgan fingerprint density at radius 3 is 2.62 bits per heavy atom. The molecule has 0 aliphatic carbocycles. The molecule has 3 N–H and O–H groups in total. The third-order valence-electron chi connectivity index (χ3n) is 3.11. The van der Waals surface area contributed by atoms with Crippen LogP contribution in [-0.4, -0.2) is 48.0 Å². The second-order valence-electron chi connectivity index (χ2n) is 5.16. The monoisotopic (exact) mass is 295 g/mol. The quantitative estimate of drug-likeness (QED) is 0.660. The first-order chi connectivity index (χ1) is 9.85. The lowest BCUT2D eigenvalue weighted by Crippen LogP contribution is -2.42. The lowest BCUT2D eigenvalue weighted by atomic mass is 10.0. The molecule has 1 aromatic rings. The van der Waals surface area contributed by atoms with Crippen LogP contribution in [0.25, 0.3) is 0 Å². The molecular formula is C15H21NO5. The number of rotatable bonds is 8. The molecule has 1 amide bonds. The number of carboxylic acids is 1. The third kappa shape index (κ3) is 5.93. The summed E-state index contributed by atoms with van der Waals surface area (Å²) in [7, 11) is 1.54. The molecule has 0 saturated heterocycles. The number of hydrogen-bond acceptors (Lipinski definition) is 4. The number of amides is 1. The van der Waals surface area contributed by atoms with E-state index in [1.807, 2.05) is 0 Å². The molecule has 1 atom stereocenters. The largest absolute Gasteiger partial charge is 0.478 e. The lowest BCUT2D eigenvalue weighted by Gasteiger charge is -2.23. The summed E-state index contributed by atoms with van der Waals surface area (Å²) in [6.45, 7) is 2.09. The fourth-order valence-electron chi connectivity index (χ4n) is 1.82. The molecule has 1 unspecified atom stereocenters. The Labute approximate surface area is 123 Å². The van der Waals surface area contributed by atoms with Crippen molar-refractivity contribution in [2.45, 2.75) is 25.4 Å². The van der Waals surface area contributed by atoms with Crippen molar-refractivity contribution in [1.29, 1.82) is 0 Å². The van der Waals surface area contributed by atoms with Gasteiger partial charge in [-0.25, -0.2) is 4.79 Å². The van der Waals surface area contributed by atoms with E-state index < -0.39 is 11.6 Å². The number of methoxy groups -OCH3 is 1. The van der Waals surface area contributed by atoms with Crippen LogP contribution in [0.15, 0.2) is 24.3 Å². The van der Waals surface area contributed by atoms with E-state index >= 15 is 0 Å². The van der Waals surface area contributed by atoms with Gasteiger partial charge in [-0.3, -0.25) is 4.79 Å². The Kier molecular flexibility index (Phi) is 6.33. The molecule has 0 radical (unpaired) electrons. The predicted molar refractivity (Wildman–Crippen MR) is 77.2 cm³/mol. The maximum Gasteiger partial charge on any atom is 0.335 e. The number of aliphatic hydroxyl groups is 1. The Hall–Kier alpha value is -1.92. The normalized spacial score (nSPS) is 13.5. The highest BCUT2D eigenvalue weighted by Crippen LogP contribution is 2.11. The number of hydrogen-bond donors (Lipinski definition) is 3. The molecule has 0 bridgehead atoms. The van der Waals surface area contributed by atoms with Crippen molar-refractivity contribution < 1.29 is 24.5 Å². The van der Waals surface area contributed by atoms with E-state index in [0.29, 0.717) is 18.6 Å². The zero-order chi connectivity index (χ0) is 15.9. The SMILES string of the molecule is COCCC(C)(O)CNC(=O)Cc1ccccc1C(=O)O. The van der Waals surface area contributed by atoms with Gasteiger partial charge in [0, 0.05) is 26.7 Å². The zero-order valence-electron chi connectivity index (χ0n) is 12.3. The van der Waals surface area contributed by atoms with Gasteiger partial charge in [-0.2, -0.15) is 0 Å². The van der Waals surface area contributed by atoms with Crippen molar-refractivity contribution in [2.24, 2.45) is 0 Å². The van der Waals surface area contributed by atoms with Gasteiger partial charge in [-0.05, 0) is 18.6 Å². The summed E-state index contributed by atoms with van der Waals surface area (Å²) in [6.07, 6.45) is 0.359. The minimum Gasteiger partial charge on any atom is -0.478 e. The number of carbonyl (C=O) groups is 2. The molecular weight excluding hydrogens is 274 g/mol. The average molecular weight is 295 g/mol. The van der Waals surface area contributed by atoms with Gasteiger partial charge in [0.15, 0.2) is 0 Å². The van der Waals surface area contributed by atoms with Crippen molar-refractivity contribution in [1.82, 2.24) is 5.32 Å². The fraction of sp³-hybridized carbons (Fsp3) is 0.467. The minimum atomic E-state index is -1.06. The lowest BCUT2D eigenvalue weighted by molar-refractivity contribution is -0.121. The topological polar surface area (TPSA) is 95.9 Å². The number of aromatic carboxylic acids is 1. The van der Waals surface area contributed by atoms with Crippen LogP contribution in [0.5, 0.6) is 0 Å². The average Bonchev–Trinajstić information content (AvgIpc) is 2.43. The van der Waals surface area contributed by atoms with E-state index in [0.717, 1.165) is 0 Å². The standard InChI is InChI=1S/C15H21NO5/c1-15(20,7-8-21-2)10-16-13(17)9-11-5-3-4-6-12(11)14(18)19/h3-6,20H,7-10H2,1-2H3,(H,16,17)(H,18,19). The van der Waals surface area contributed by atoms with Crippen LogP contribution in [0.1, 0.15) is 29.3 Å². The molecule has 1 rings (SSSR count). The smallest absolute Gasteiger partial charge is 0.335 e. The molecule has 1 aromatic carbocycles. The molecule has 0 saturated carbocycles. The van der Waals surface area contributed by atoms with Crippen molar-refractivity contribution in [2.75, 3.05) is 20.3 Å². The van der Waals surface area contributed by atoms with Gasteiger partial charge in [-0.1, -0.05) is 18.2 Å². The first-order valence-electron chi connectivity index (χ1n) is 6.65. The van der Waals surface area contributed by atoms with Crippen molar-refractivity contribution >= 4 is 11.9 Å². The number of carbonyl (C=O) groups excluding carboxylic acids is 1. The number of benzene rings is 1. The van der Waals surface area contributed by atoms with Crippen LogP contribution in [0.4, 0.5) is 0 Å². The van der Waals surface area contributed by atoms with Gasteiger partial charge in [0.2, 0.25) is 5.91 Å². The maximum atomic E-state index is 11.9. The molecule has 0 fully saturated rings. The van der Waals surface area contributed by atoms with E-state index in [2.05, 4.69) is 5.32 Å². The van der Waals surface area contributed by atoms with Crippen molar-refractivity contribution in [3.05, 3.63) is 35.4 Å². The van der Waals surface area contributed by atoms with Crippen molar-refractivity contribution in [3.63, 3.8) is 0 Å². The first kappa shape index (κ1) is 17.1. The molecule has 0 heterocycles. The molecule has 21 heavy (non-hydrogen) atoms. The molecule has 6 heteroatoms. The molecule has 0 aliphatic rings. The van der Waals surface area contributed by atoms with Gasteiger partial charge >= 0.3 is 5.97 Å². The van der Waals surface area contributed by atoms with E-state index in [9.17, 15) is 14.7 Å². The number of carboxylic acid groups (broad SMARTS) is 1. The van der Waals surface area contributed by atoms with Crippen LogP contribution < -0.4 is 5.32 Å². The molecule has 116 valence electrons. The van der Waals surface area contributed by atoms with E-state index in [1.54, 1.807) is 25.1 Å². The number of nitrogens with one attached hydrogen (secondary N) is 1. The highest BCUT2D eigenvalue weighted by molar-refractivity contribution is 5.91. The first-order valence-corrected chi connectivity index (χ1v) is 6.65. The van der Waals surface area contributed by atoms with Gasteiger partial charge in [-0.15, -0.1) is 0 Å². The summed E-state index contributed by atoms with van der Waals surface area (Å²) in [5.41, 5.74) is -0.504. The Bertz CT molecular complexity index is 499. The van der Waals surface area contributed by atoms with Crippen LogP contribution in [0.2, 0.25) is 0 Å². The van der Waals surface area contributed by atoms with Crippen LogP contribution in [0.3, 0.4) is 0 Å². The highest BCUT2D eigenvalue weighted by atomic mass is 16.5. The second kappa shape index (κ2) is 7.75. The Morgan fingerprint density at radius 2 is 2.00 bits per heavy atom. The highest BCUT2D eigenvalue weighted by Gasteiger charge is 2.21. The summed E-state index contributed by atoms with van der Waals surface area (Å²) < 4.78 is 4.88. The summed E-state index contributed by atoms with van der Waals surface area (Å²) in [4.78, 5) is 22.9. The zero-order valence-corrected chi connectivity index (χ0v) is 12.3. The Balaban J connectivity index is 2.57. The maximum absolute atomic E-state index is 11.9. The van der Waals surface area contributed by atoms with Crippen LogP contribution in [-0.2, 0) is 16.0 Å². The molecule has 0 aliphatic heterocycles. The van der Waals surface area contributed by atoms with Gasteiger partial charge < -0.3 is 20.3 Å². The second-order valence-corrected chi connectivity index (χ2v) is 5.16. The van der Waals surface area contributed by atoms with E-state index in [1.165, 1.54) is 13.2 Å². The molecule has 0 spiro atoms. The van der Waals surface area contributed by atoms with E-state index in [4.69, 9.17) is 9.84 Å². The van der Waals surface area contributed by atoms with Gasteiger partial charge in [0.1, 0.15) is 0 Å². The van der Waals surface area contributed by atoms with Gasteiger partial charge in [0.05, 0.1) is 17.6 Å².